The molecular weight excluding hydrogens is 272 g/mol. The third-order valence-corrected chi connectivity index (χ3v) is 2.91. The summed E-state index contributed by atoms with van der Waals surface area (Å²) in [5.41, 5.74) is 0.787. The van der Waals surface area contributed by atoms with Crippen molar-refractivity contribution in [1.29, 1.82) is 0 Å². The fourth-order valence-corrected chi connectivity index (χ4v) is 1.81. The summed E-state index contributed by atoms with van der Waals surface area (Å²) in [6.07, 6.45) is 2.87. The molecule has 3 N–H and O–H groups in total. The van der Waals surface area contributed by atoms with Crippen molar-refractivity contribution in [1.82, 2.24) is 0 Å². The highest BCUT2D eigenvalue weighted by molar-refractivity contribution is 6.07. The molecule has 2 aromatic carbocycles. The van der Waals surface area contributed by atoms with Gasteiger partial charge in [-0.2, -0.15) is 0 Å². The van der Waals surface area contributed by atoms with Crippen molar-refractivity contribution in [2.45, 2.75) is 0 Å². The van der Waals surface area contributed by atoms with Crippen LogP contribution in [0, 0.1) is 0 Å². The SMILES string of the molecule is COc1ccccc1/C=C/C(=O)c1cc(O)c(O)c(O)c1. The standard InChI is InChI=1S/C16H14O5/c1-21-15-5-3-2-4-10(15)6-7-12(17)11-8-13(18)16(20)14(19)9-11/h2-9,18-20H,1H3/b7-6+. The van der Waals surface area contributed by atoms with Gasteiger partial charge < -0.3 is 20.1 Å². The second kappa shape index (κ2) is 6.00. The second-order valence-corrected chi connectivity index (χ2v) is 4.30. The second-order valence-electron chi connectivity index (χ2n) is 4.30. The number of phenolic OH excluding ortho intramolecular Hbond substituents is 3. The number of aromatic hydroxyl groups is 3. The number of rotatable bonds is 4. The molecule has 0 amide bonds. The molecule has 2 rings (SSSR count). The summed E-state index contributed by atoms with van der Waals surface area (Å²) in [5, 5.41) is 28.0. The topological polar surface area (TPSA) is 87.0 Å². The Balaban J connectivity index is 2.27. The Morgan fingerprint density at radius 1 is 1.10 bits per heavy atom. The zero-order valence-electron chi connectivity index (χ0n) is 11.3. The molecule has 0 fully saturated rings. The van der Waals surface area contributed by atoms with E-state index in [1.54, 1.807) is 18.2 Å². The van der Waals surface area contributed by atoms with Gasteiger partial charge in [0.25, 0.3) is 0 Å². The van der Waals surface area contributed by atoms with E-state index in [4.69, 9.17) is 4.74 Å². The fraction of sp³-hybridized carbons (Fsp3) is 0.0625. The van der Waals surface area contributed by atoms with Crippen LogP contribution in [-0.2, 0) is 0 Å². The first-order valence-electron chi connectivity index (χ1n) is 6.13. The predicted octanol–water partition coefficient (Wildman–Crippen LogP) is 2.71. The monoisotopic (exact) mass is 286 g/mol. The number of para-hydroxylation sites is 1. The van der Waals surface area contributed by atoms with E-state index in [1.807, 2.05) is 12.1 Å². The number of methoxy groups -OCH3 is 1. The third kappa shape index (κ3) is 3.14. The third-order valence-electron chi connectivity index (χ3n) is 2.91. The maximum Gasteiger partial charge on any atom is 0.200 e. The number of hydrogen-bond acceptors (Lipinski definition) is 5. The maximum atomic E-state index is 12.0. The van der Waals surface area contributed by atoms with Gasteiger partial charge in [-0.1, -0.05) is 18.2 Å². The van der Waals surface area contributed by atoms with Crippen molar-refractivity contribution < 1.29 is 24.9 Å². The number of phenols is 3. The summed E-state index contributed by atoms with van der Waals surface area (Å²) < 4.78 is 5.16. The molecule has 0 spiro atoms. The van der Waals surface area contributed by atoms with E-state index in [1.165, 1.54) is 13.2 Å². The van der Waals surface area contributed by atoms with E-state index < -0.39 is 23.0 Å². The van der Waals surface area contributed by atoms with Gasteiger partial charge in [-0.3, -0.25) is 4.79 Å². The predicted molar refractivity (Wildman–Crippen MR) is 77.8 cm³/mol. The molecule has 0 atom stereocenters. The van der Waals surface area contributed by atoms with E-state index >= 15 is 0 Å². The molecule has 5 heteroatoms. The zero-order chi connectivity index (χ0) is 15.4. The molecule has 0 saturated heterocycles. The van der Waals surface area contributed by atoms with Crippen LogP contribution in [0.2, 0.25) is 0 Å². The Bertz CT molecular complexity index is 681. The molecule has 0 aromatic heterocycles. The summed E-state index contributed by atoms with van der Waals surface area (Å²) in [7, 11) is 1.53. The van der Waals surface area contributed by atoms with Gasteiger partial charge in [-0.05, 0) is 30.4 Å². The lowest BCUT2D eigenvalue weighted by Crippen LogP contribution is -1.94. The number of benzene rings is 2. The number of ketones is 1. The van der Waals surface area contributed by atoms with Crippen molar-refractivity contribution >= 4 is 11.9 Å². The number of carbonyl (C=O) groups is 1. The van der Waals surface area contributed by atoms with E-state index in [0.717, 1.165) is 17.7 Å². The number of allylic oxidation sites excluding steroid dienone is 1. The number of ether oxygens (including phenoxy) is 1. The van der Waals surface area contributed by atoms with Gasteiger partial charge in [0.05, 0.1) is 7.11 Å². The smallest absolute Gasteiger partial charge is 0.200 e. The molecule has 2 aromatic rings. The molecule has 0 radical (unpaired) electrons. The Kier molecular flexibility index (Phi) is 4.13. The van der Waals surface area contributed by atoms with Gasteiger partial charge in [0.15, 0.2) is 23.0 Å². The van der Waals surface area contributed by atoms with Crippen molar-refractivity contribution in [3.8, 4) is 23.0 Å². The minimum Gasteiger partial charge on any atom is -0.504 e. The lowest BCUT2D eigenvalue weighted by atomic mass is 10.1. The van der Waals surface area contributed by atoms with E-state index in [9.17, 15) is 20.1 Å². The molecule has 108 valence electrons. The van der Waals surface area contributed by atoms with E-state index in [0.29, 0.717) is 5.75 Å². The van der Waals surface area contributed by atoms with Gasteiger partial charge in [-0.15, -0.1) is 0 Å². The van der Waals surface area contributed by atoms with Crippen LogP contribution in [0.5, 0.6) is 23.0 Å². The highest BCUT2D eigenvalue weighted by atomic mass is 16.5. The van der Waals surface area contributed by atoms with Crippen LogP contribution in [0.1, 0.15) is 15.9 Å². The maximum absolute atomic E-state index is 12.0. The van der Waals surface area contributed by atoms with Crippen LogP contribution in [0.3, 0.4) is 0 Å². The molecule has 0 aliphatic carbocycles. The summed E-state index contributed by atoms with van der Waals surface area (Å²) in [6, 6.07) is 9.35. The van der Waals surface area contributed by atoms with E-state index in [-0.39, 0.29) is 5.56 Å². The molecule has 0 saturated carbocycles. The average Bonchev–Trinajstić information content (AvgIpc) is 2.49. The first-order valence-corrected chi connectivity index (χ1v) is 6.13. The molecule has 0 aliphatic heterocycles. The molecule has 0 aliphatic rings. The molecule has 0 unspecified atom stereocenters. The van der Waals surface area contributed by atoms with Gasteiger partial charge >= 0.3 is 0 Å². The molecule has 21 heavy (non-hydrogen) atoms. The summed E-state index contributed by atoms with van der Waals surface area (Å²) in [6.45, 7) is 0. The summed E-state index contributed by atoms with van der Waals surface area (Å²) in [5.74, 6) is -1.56. The van der Waals surface area contributed by atoms with E-state index in [2.05, 4.69) is 0 Å². The Morgan fingerprint density at radius 3 is 2.33 bits per heavy atom. The van der Waals surface area contributed by atoms with Crippen LogP contribution in [-0.4, -0.2) is 28.2 Å². The summed E-state index contributed by atoms with van der Waals surface area (Å²) in [4.78, 5) is 12.0. The van der Waals surface area contributed by atoms with Crippen molar-refractivity contribution in [2.75, 3.05) is 7.11 Å². The van der Waals surface area contributed by atoms with Crippen molar-refractivity contribution in [2.24, 2.45) is 0 Å². The molecule has 5 nitrogen and oxygen atoms in total. The zero-order valence-corrected chi connectivity index (χ0v) is 11.3. The Morgan fingerprint density at radius 2 is 1.71 bits per heavy atom. The average molecular weight is 286 g/mol. The van der Waals surface area contributed by atoms with Crippen LogP contribution in [0.15, 0.2) is 42.5 Å². The normalized spacial score (nSPS) is 10.7. The van der Waals surface area contributed by atoms with Gasteiger partial charge in [0, 0.05) is 11.1 Å². The van der Waals surface area contributed by atoms with Crippen LogP contribution in [0.4, 0.5) is 0 Å². The van der Waals surface area contributed by atoms with Gasteiger partial charge in [0.1, 0.15) is 5.75 Å². The minimum absolute atomic E-state index is 0.0638. The quantitative estimate of drug-likeness (QED) is 0.457. The lowest BCUT2D eigenvalue weighted by Gasteiger charge is -2.04. The minimum atomic E-state index is -0.653. The lowest BCUT2D eigenvalue weighted by molar-refractivity contribution is 0.104. The number of hydrogen-bond donors (Lipinski definition) is 3. The highest BCUT2D eigenvalue weighted by Crippen LogP contribution is 2.35. The van der Waals surface area contributed by atoms with Crippen LogP contribution >= 0.6 is 0 Å². The number of carbonyl (C=O) groups excluding carboxylic acids is 1. The Hall–Kier alpha value is -2.95. The molecule has 0 heterocycles. The van der Waals surface area contributed by atoms with Gasteiger partial charge in [-0.25, -0.2) is 0 Å². The van der Waals surface area contributed by atoms with Crippen molar-refractivity contribution in [3.63, 3.8) is 0 Å². The fourth-order valence-electron chi connectivity index (χ4n) is 1.81. The highest BCUT2D eigenvalue weighted by Gasteiger charge is 2.11. The molecule has 0 bridgehead atoms. The van der Waals surface area contributed by atoms with Crippen LogP contribution in [0.25, 0.3) is 6.08 Å². The Labute approximate surface area is 121 Å². The van der Waals surface area contributed by atoms with Crippen molar-refractivity contribution in [3.05, 3.63) is 53.6 Å². The first kappa shape index (κ1) is 14.5. The first-order chi connectivity index (χ1) is 10.0. The van der Waals surface area contributed by atoms with Gasteiger partial charge in [0.2, 0.25) is 0 Å². The largest absolute Gasteiger partial charge is 0.504 e. The molecular formula is C16H14O5. The summed E-state index contributed by atoms with van der Waals surface area (Å²) >= 11 is 0. The van der Waals surface area contributed by atoms with Crippen LogP contribution < -0.4 is 4.74 Å².